The number of ether oxygens (including phenoxy) is 2. The van der Waals surface area contributed by atoms with Crippen molar-refractivity contribution in [3.63, 3.8) is 0 Å². The number of carbonyl (C=O) groups is 1. The summed E-state index contributed by atoms with van der Waals surface area (Å²) in [6.07, 6.45) is 0.399. The quantitative estimate of drug-likeness (QED) is 0.756. The Morgan fingerprint density at radius 1 is 1.16 bits per heavy atom. The van der Waals surface area contributed by atoms with Gasteiger partial charge in [0.2, 0.25) is 0 Å². The van der Waals surface area contributed by atoms with E-state index in [4.69, 9.17) is 15.2 Å². The molecule has 0 bridgehead atoms. The van der Waals surface area contributed by atoms with Gasteiger partial charge < -0.3 is 25.4 Å². The largest absolute Gasteiger partial charge is 0.493 e. The molecule has 6 nitrogen and oxygen atoms in total. The van der Waals surface area contributed by atoms with Gasteiger partial charge >= 0.3 is 6.09 Å². The van der Waals surface area contributed by atoms with E-state index in [0.29, 0.717) is 18.0 Å². The lowest BCUT2D eigenvalue weighted by Gasteiger charge is -2.18. The van der Waals surface area contributed by atoms with Crippen molar-refractivity contribution < 1.29 is 14.3 Å². The highest BCUT2D eigenvalue weighted by molar-refractivity contribution is 5.69. The minimum absolute atomic E-state index is 0.139. The molecule has 0 radical (unpaired) electrons. The molecule has 3 N–H and O–H groups in total. The van der Waals surface area contributed by atoms with E-state index in [1.807, 2.05) is 43.4 Å². The molecule has 1 amide bonds. The van der Waals surface area contributed by atoms with Crippen molar-refractivity contribution in [2.45, 2.75) is 12.5 Å². The van der Waals surface area contributed by atoms with Crippen LogP contribution in [0.5, 0.6) is 11.5 Å². The number of nitrogens with zero attached hydrogens (tertiary/aromatic N) is 1. The third-order valence-electron chi connectivity index (χ3n) is 3.73. The van der Waals surface area contributed by atoms with Crippen molar-refractivity contribution in [2.24, 2.45) is 0 Å². The van der Waals surface area contributed by atoms with Gasteiger partial charge in [-0.05, 0) is 36.9 Å². The maximum atomic E-state index is 11.6. The third-order valence-corrected chi connectivity index (χ3v) is 3.73. The summed E-state index contributed by atoms with van der Waals surface area (Å²) in [5, 5.41) is 3.27. The maximum absolute atomic E-state index is 11.6. The van der Waals surface area contributed by atoms with Crippen LogP contribution in [0.3, 0.4) is 0 Å². The predicted octanol–water partition coefficient (Wildman–Crippen LogP) is 3.06. The number of carbonyl (C=O) groups excluding carboxylic acids is 1. The van der Waals surface area contributed by atoms with E-state index in [-0.39, 0.29) is 6.04 Å². The second-order valence-corrected chi connectivity index (χ2v) is 5.88. The molecule has 0 saturated carbocycles. The second-order valence-electron chi connectivity index (χ2n) is 5.88. The average Bonchev–Trinajstić information content (AvgIpc) is 2.59. The van der Waals surface area contributed by atoms with Crippen molar-refractivity contribution in [3.05, 3.63) is 54.1 Å². The number of anilines is 1. The van der Waals surface area contributed by atoms with Gasteiger partial charge in [-0.1, -0.05) is 18.2 Å². The van der Waals surface area contributed by atoms with Crippen LogP contribution in [-0.4, -0.2) is 38.7 Å². The zero-order valence-electron chi connectivity index (χ0n) is 14.9. The van der Waals surface area contributed by atoms with E-state index >= 15 is 0 Å². The van der Waals surface area contributed by atoms with Crippen LogP contribution in [0, 0.1) is 0 Å². The number of nitrogens with two attached hydrogens (primary N) is 1. The summed E-state index contributed by atoms with van der Waals surface area (Å²) >= 11 is 0. The molecule has 0 saturated heterocycles. The second kappa shape index (κ2) is 8.94. The van der Waals surface area contributed by atoms with Gasteiger partial charge in [0.1, 0.15) is 11.5 Å². The Bertz CT molecular complexity index is 687. The standard InChI is InChI=1S/C19H25N3O3/c1-21-18(11-12-24-17-6-4-5-15(20)13-17)14-7-9-16(10-8-14)25-19(23)22(2)3/h4-10,13,18,21H,11-12,20H2,1-3H3. The minimum Gasteiger partial charge on any atom is -0.493 e. The van der Waals surface area contributed by atoms with Crippen molar-refractivity contribution >= 4 is 11.8 Å². The lowest BCUT2D eigenvalue weighted by Crippen LogP contribution is -2.25. The van der Waals surface area contributed by atoms with Crippen LogP contribution in [0.25, 0.3) is 0 Å². The van der Waals surface area contributed by atoms with Gasteiger partial charge in [-0.25, -0.2) is 4.79 Å². The van der Waals surface area contributed by atoms with Crippen LogP contribution in [0.2, 0.25) is 0 Å². The molecule has 2 rings (SSSR count). The fraction of sp³-hybridized carbons (Fsp3) is 0.316. The Kier molecular flexibility index (Phi) is 6.65. The molecule has 0 fully saturated rings. The molecule has 2 aromatic rings. The number of rotatable bonds is 7. The molecule has 2 aromatic carbocycles. The Labute approximate surface area is 148 Å². The molecule has 0 aromatic heterocycles. The molecule has 0 aliphatic heterocycles. The molecule has 0 heterocycles. The summed E-state index contributed by atoms with van der Waals surface area (Å²) in [6, 6.07) is 15.0. The Balaban J connectivity index is 1.90. The topological polar surface area (TPSA) is 76.8 Å². The summed E-state index contributed by atoms with van der Waals surface area (Å²) in [4.78, 5) is 12.9. The number of benzene rings is 2. The smallest absolute Gasteiger partial charge is 0.414 e. The van der Waals surface area contributed by atoms with Crippen LogP contribution in [0.1, 0.15) is 18.0 Å². The number of nitrogens with one attached hydrogen (secondary N) is 1. The zero-order chi connectivity index (χ0) is 18.2. The van der Waals surface area contributed by atoms with Gasteiger partial charge in [0.15, 0.2) is 0 Å². The van der Waals surface area contributed by atoms with Gasteiger partial charge in [0, 0.05) is 38.3 Å². The first-order valence-corrected chi connectivity index (χ1v) is 8.14. The molecule has 0 spiro atoms. The molecular formula is C19H25N3O3. The van der Waals surface area contributed by atoms with E-state index in [9.17, 15) is 4.79 Å². The maximum Gasteiger partial charge on any atom is 0.414 e. The van der Waals surface area contributed by atoms with Crippen LogP contribution < -0.4 is 20.5 Å². The number of hydrogen-bond donors (Lipinski definition) is 2. The van der Waals surface area contributed by atoms with Gasteiger partial charge in [0.25, 0.3) is 0 Å². The average molecular weight is 343 g/mol. The van der Waals surface area contributed by atoms with Crippen molar-refractivity contribution in [2.75, 3.05) is 33.5 Å². The van der Waals surface area contributed by atoms with Crippen molar-refractivity contribution in [3.8, 4) is 11.5 Å². The first-order chi connectivity index (χ1) is 12.0. The van der Waals surface area contributed by atoms with Crippen molar-refractivity contribution in [1.29, 1.82) is 0 Å². The Morgan fingerprint density at radius 2 is 1.88 bits per heavy atom. The monoisotopic (exact) mass is 343 g/mol. The SMILES string of the molecule is CNC(CCOc1cccc(N)c1)c1ccc(OC(=O)N(C)C)cc1. The molecule has 6 heteroatoms. The predicted molar refractivity (Wildman–Crippen MR) is 98.9 cm³/mol. The van der Waals surface area contributed by atoms with Crippen LogP contribution in [0.4, 0.5) is 10.5 Å². The van der Waals surface area contributed by atoms with Gasteiger partial charge in [-0.15, -0.1) is 0 Å². The van der Waals surface area contributed by atoms with Gasteiger partial charge in [0.05, 0.1) is 6.61 Å². The normalized spacial score (nSPS) is 11.6. The molecular weight excluding hydrogens is 318 g/mol. The van der Waals surface area contributed by atoms with E-state index in [2.05, 4.69) is 5.32 Å². The lowest BCUT2D eigenvalue weighted by molar-refractivity contribution is 0.172. The molecule has 1 unspecified atom stereocenters. The number of amides is 1. The fourth-order valence-electron chi connectivity index (χ4n) is 2.34. The van der Waals surface area contributed by atoms with E-state index in [1.165, 1.54) is 4.90 Å². The Hall–Kier alpha value is -2.73. The summed E-state index contributed by atoms with van der Waals surface area (Å²) in [6.45, 7) is 0.562. The molecule has 0 aliphatic rings. The summed E-state index contributed by atoms with van der Waals surface area (Å²) in [5.74, 6) is 1.29. The fourth-order valence-corrected chi connectivity index (χ4v) is 2.34. The van der Waals surface area contributed by atoms with E-state index in [1.54, 1.807) is 26.2 Å². The highest BCUT2D eigenvalue weighted by Crippen LogP contribution is 2.21. The van der Waals surface area contributed by atoms with Gasteiger partial charge in [-0.3, -0.25) is 0 Å². The van der Waals surface area contributed by atoms with Gasteiger partial charge in [-0.2, -0.15) is 0 Å². The summed E-state index contributed by atoms with van der Waals surface area (Å²) in [7, 11) is 5.20. The first kappa shape index (κ1) is 18.6. The number of hydrogen-bond acceptors (Lipinski definition) is 5. The molecule has 134 valence electrons. The number of nitrogen functional groups attached to an aromatic ring is 1. The highest BCUT2D eigenvalue weighted by Gasteiger charge is 2.11. The Morgan fingerprint density at radius 3 is 2.48 bits per heavy atom. The van der Waals surface area contributed by atoms with E-state index in [0.717, 1.165) is 17.7 Å². The third kappa shape index (κ3) is 5.69. The molecule has 25 heavy (non-hydrogen) atoms. The summed E-state index contributed by atoms with van der Waals surface area (Å²) in [5.41, 5.74) is 7.53. The first-order valence-electron chi connectivity index (χ1n) is 8.14. The van der Waals surface area contributed by atoms with Crippen LogP contribution >= 0.6 is 0 Å². The summed E-state index contributed by atoms with van der Waals surface area (Å²) < 4.78 is 11.0. The highest BCUT2D eigenvalue weighted by atomic mass is 16.6. The van der Waals surface area contributed by atoms with Crippen LogP contribution in [0.15, 0.2) is 48.5 Å². The molecule has 1 atom stereocenters. The minimum atomic E-state index is -0.395. The van der Waals surface area contributed by atoms with Crippen molar-refractivity contribution in [1.82, 2.24) is 10.2 Å². The van der Waals surface area contributed by atoms with E-state index < -0.39 is 6.09 Å². The lowest BCUT2D eigenvalue weighted by atomic mass is 10.0. The van der Waals surface area contributed by atoms with Crippen LogP contribution in [-0.2, 0) is 0 Å². The molecule has 0 aliphatic carbocycles. The zero-order valence-corrected chi connectivity index (χ0v) is 14.9.